The molecule has 1 aromatic carbocycles. The van der Waals surface area contributed by atoms with Crippen LogP contribution in [0.15, 0.2) is 22.7 Å². The number of methoxy groups -OCH3 is 2. The summed E-state index contributed by atoms with van der Waals surface area (Å²) in [6, 6.07) is 6.71. The minimum Gasteiger partial charge on any atom is -0.496 e. The van der Waals surface area contributed by atoms with E-state index in [1.807, 2.05) is 6.07 Å². The lowest BCUT2D eigenvalue weighted by Gasteiger charge is -2.22. The first-order valence-electron chi connectivity index (χ1n) is 7.19. The minimum absolute atomic E-state index is 0.269. The van der Waals surface area contributed by atoms with Crippen molar-refractivity contribution in [1.82, 2.24) is 5.32 Å². The molecule has 0 aliphatic carbocycles. The second-order valence-corrected chi connectivity index (χ2v) is 5.96. The Bertz CT molecular complexity index is 398. The molecule has 0 saturated carbocycles. The SMILES string of the molecule is CCCNC(Cc1ccc(OC)c(Br)c1)CC(C)OC. The fourth-order valence-corrected chi connectivity index (χ4v) is 2.79. The summed E-state index contributed by atoms with van der Waals surface area (Å²) < 4.78 is 11.7. The van der Waals surface area contributed by atoms with Gasteiger partial charge in [0.25, 0.3) is 0 Å². The molecule has 2 atom stereocenters. The van der Waals surface area contributed by atoms with Crippen molar-refractivity contribution in [3.05, 3.63) is 28.2 Å². The van der Waals surface area contributed by atoms with Crippen LogP contribution in [0.1, 0.15) is 32.3 Å². The number of ether oxygens (including phenoxy) is 2. The van der Waals surface area contributed by atoms with Gasteiger partial charge in [-0.05, 0) is 66.4 Å². The van der Waals surface area contributed by atoms with Crippen LogP contribution >= 0.6 is 15.9 Å². The molecule has 20 heavy (non-hydrogen) atoms. The van der Waals surface area contributed by atoms with Crippen LogP contribution in [0.3, 0.4) is 0 Å². The fraction of sp³-hybridized carbons (Fsp3) is 0.625. The molecule has 0 bridgehead atoms. The lowest BCUT2D eigenvalue weighted by molar-refractivity contribution is 0.100. The third-order valence-electron chi connectivity index (χ3n) is 3.40. The van der Waals surface area contributed by atoms with Gasteiger partial charge in [-0.15, -0.1) is 0 Å². The van der Waals surface area contributed by atoms with E-state index in [9.17, 15) is 0 Å². The highest BCUT2D eigenvalue weighted by Crippen LogP contribution is 2.26. The zero-order valence-electron chi connectivity index (χ0n) is 12.9. The molecule has 0 aromatic heterocycles. The first kappa shape index (κ1) is 17.5. The summed E-state index contributed by atoms with van der Waals surface area (Å²) in [5.41, 5.74) is 1.30. The Hall–Kier alpha value is -0.580. The van der Waals surface area contributed by atoms with Crippen LogP contribution in [0.2, 0.25) is 0 Å². The van der Waals surface area contributed by atoms with E-state index in [0.717, 1.165) is 36.0 Å². The Kier molecular flexibility index (Phi) is 8.19. The number of rotatable bonds is 9. The lowest BCUT2D eigenvalue weighted by atomic mass is 10.0. The van der Waals surface area contributed by atoms with Crippen LogP contribution in [0.4, 0.5) is 0 Å². The third-order valence-corrected chi connectivity index (χ3v) is 4.02. The van der Waals surface area contributed by atoms with E-state index in [0.29, 0.717) is 6.04 Å². The van der Waals surface area contributed by atoms with Crippen molar-refractivity contribution in [3.63, 3.8) is 0 Å². The molecule has 1 N–H and O–H groups in total. The summed E-state index contributed by atoms with van der Waals surface area (Å²) in [5, 5.41) is 3.60. The lowest BCUT2D eigenvalue weighted by Crippen LogP contribution is -2.35. The first-order valence-corrected chi connectivity index (χ1v) is 7.98. The highest BCUT2D eigenvalue weighted by molar-refractivity contribution is 9.10. The summed E-state index contributed by atoms with van der Waals surface area (Å²) in [4.78, 5) is 0. The molecule has 0 saturated heterocycles. The van der Waals surface area contributed by atoms with Crippen LogP contribution in [0.5, 0.6) is 5.75 Å². The van der Waals surface area contributed by atoms with E-state index in [1.165, 1.54) is 5.56 Å². The number of nitrogens with one attached hydrogen (secondary N) is 1. The van der Waals surface area contributed by atoms with Gasteiger partial charge in [-0.1, -0.05) is 13.0 Å². The number of hydrogen-bond acceptors (Lipinski definition) is 3. The van der Waals surface area contributed by atoms with Crippen molar-refractivity contribution in [2.24, 2.45) is 0 Å². The Morgan fingerprint density at radius 2 is 2.05 bits per heavy atom. The summed E-state index contributed by atoms with van der Waals surface area (Å²) >= 11 is 3.54. The second-order valence-electron chi connectivity index (χ2n) is 5.11. The quantitative estimate of drug-likeness (QED) is 0.739. The van der Waals surface area contributed by atoms with Gasteiger partial charge in [0.05, 0.1) is 17.7 Å². The second kappa shape index (κ2) is 9.37. The van der Waals surface area contributed by atoms with Gasteiger partial charge >= 0.3 is 0 Å². The van der Waals surface area contributed by atoms with E-state index < -0.39 is 0 Å². The van der Waals surface area contributed by atoms with Crippen molar-refractivity contribution in [3.8, 4) is 5.75 Å². The Balaban J connectivity index is 2.69. The molecule has 0 aliphatic heterocycles. The number of halogens is 1. The zero-order valence-corrected chi connectivity index (χ0v) is 14.5. The predicted molar refractivity (Wildman–Crippen MR) is 87.6 cm³/mol. The van der Waals surface area contributed by atoms with Gasteiger partial charge in [0.1, 0.15) is 5.75 Å². The molecule has 2 unspecified atom stereocenters. The minimum atomic E-state index is 0.269. The van der Waals surface area contributed by atoms with Gasteiger partial charge in [0.15, 0.2) is 0 Å². The Morgan fingerprint density at radius 1 is 1.30 bits per heavy atom. The van der Waals surface area contributed by atoms with Crippen molar-refractivity contribution in [2.45, 2.75) is 45.3 Å². The molecule has 4 heteroatoms. The van der Waals surface area contributed by atoms with E-state index in [-0.39, 0.29) is 6.10 Å². The molecule has 3 nitrogen and oxygen atoms in total. The molecular weight excluding hydrogens is 318 g/mol. The molecule has 1 rings (SSSR count). The standard InChI is InChI=1S/C16H26BrNO2/c1-5-8-18-14(9-12(2)19-3)10-13-6-7-16(20-4)15(17)11-13/h6-7,11-12,14,18H,5,8-10H2,1-4H3. The Morgan fingerprint density at radius 3 is 2.60 bits per heavy atom. The van der Waals surface area contributed by atoms with E-state index >= 15 is 0 Å². The van der Waals surface area contributed by atoms with Gasteiger partial charge in [0, 0.05) is 13.2 Å². The first-order chi connectivity index (χ1) is 9.60. The maximum Gasteiger partial charge on any atom is 0.133 e. The topological polar surface area (TPSA) is 30.5 Å². The van der Waals surface area contributed by atoms with Crippen molar-refractivity contribution in [2.75, 3.05) is 20.8 Å². The molecule has 0 spiro atoms. The number of hydrogen-bond donors (Lipinski definition) is 1. The van der Waals surface area contributed by atoms with Crippen molar-refractivity contribution >= 4 is 15.9 Å². The Labute approximate surface area is 131 Å². The maximum atomic E-state index is 5.39. The highest BCUT2D eigenvalue weighted by atomic mass is 79.9. The molecular formula is C16H26BrNO2. The summed E-state index contributed by atoms with van der Waals surface area (Å²) in [6.45, 7) is 5.34. The normalized spacial score (nSPS) is 14.1. The summed E-state index contributed by atoms with van der Waals surface area (Å²) in [7, 11) is 3.46. The molecule has 114 valence electrons. The molecule has 1 aromatic rings. The smallest absolute Gasteiger partial charge is 0.133 e. The maximum absolute atomic E-state index is 5.39. The van der Waals surface area contributed by atoms with Gasteiger partial charge < -0.3 is 14.8 Å². The van der Waals surface area contributed by atoms with Crippen LogP contribution in [0, 0.1) is 0 Å². The highest BCUT2D eigenvalue weighted by Gasteiger charge is 2.14. The molecule has 0 aliphatic rings. The van der Waals surface area contributed by atoms with Crippen LogP contribution in [-0.4, -0.2) is 32.9 Å². The van der Waals surface area contributed by atoms with Gasteiger partial charge in [0.2, 0.25) is 0 Å². The van der Waals surface area contributed by atoms with E-state index in [4.69, 9.17) is 9.47 Å². The van der Waals surface area contributed by atoms with Crippen molar-refractivity contribution in [1.29, 1.82) is 0 Å². The number of benzene rings is 1. The third kappa shape index (κ3) is 5.81. The average molecular weight is 344 g/mol. The van der Waals surface area contributed by atoms with Crippen LogP contribution in [-0.2, 0) is 11.2 Å². The van der Waals surface area contributed by atoms with Crippen molar-refractivity contribution < 1.29 is 9.47 Å². The van der Waals surface area contributed by atoms with Crippen LogP contribution < -0.4 is 10.1 Å². The fourth-order valence-electron chi connectivity index (χ4n) is 2.21. The molecule has 0 heterocycles. The van der Waals surface area contributed by atoms with Gasteiger partial charge in [-0.3, -0.25) is 0 Å². The molecule has 0 amide bonds. The monoisotopic (exact) mass is 343 g/mol. The van der Waals surface area contributed by atoms with Gasteiger partial charge in [-0.25, -0.2) is 0 Å². The van der Waals surface area contributed by atoms with Crippen LogP contribution in [0.25, 0.3) is 0 Å². The molecule has 0 fully saturated rings. The predicted octanol–water partition coefficient (Wildman–Crippen LogP) is 3.79. The largest absolute Gasteiger partial charge is 0.496 e. The molecule has 0 radical (unpaired) electrons. The van der Waals surface area contributed by atoms with E-state index in [1.54, 1.807) is 14.2 Å². The zero-order chi connectivity index (χ0) is 15.0. The summed E-state index contributed by atoms with van der Waals surface area (Å²) in [6.07, 6.45) is 3.42. The average Bonchev–Trinajstić information content (AvgIpc) is 2.44. The van der Waals surface area contributed by atoms with Gasteiger partial charge in [-0.2, -0.15) is 0 Å². The van der Waals surface area contributed by atoms with E-state index in [2.05, 4.69) is 47.2 Å². The summed E-state index contributed by atoms with van der Waals surface area (Å²) in [5.74, 6) is 0.872.